The molecule has 3 N–H and O–H groups in total. The van der Waals surface area contributed by atoms with Crippen molar-refractivity contribution in [1.29, 1.82) is 0 Å². The summed E-state index contributed by atoms with van der Waals surface area (Å²) in [5.74, 6) is -0.159. The summed E-state index contributed by atoms with van der Waals surface area (Å²) in [6.45, 7) is 21.1. The van der Waals surface area contributed by atoms with Gasteiger partial charge < -0.3 is 20.7 Å². The summed E-state index contributed by atoms with van der Waals surface area (Å²) >= 11 is 0. The van der Waals surface area contributed by atoms with Crippen molar-refractivity contribution in [2.75, 3.05) is 13.1 Å². The SMILES string of the molecule is CCC(=O)ON1C(C)(C)CC(NCCCCCCNC2CC(C)(C)N(O)C(C)(C)C2)CC1(C)C. The maximum absolute atomic E-state index is 11.9. The first-order valence-electron chi connectivity index (χ1n) is 13.6. The zero-order valence-corrected chi connectivity index (χ0v) is 23.6. The van der Waals surface area contributed by atoms with Gasteiger partial charge in [0.25, 0.3) is 0 Å². The molecule has 200 valence electrons. The highest BCUT2D eigenvalue weighted by atomic mass is 16.7. The summed E-state index contributed by atoms with van der Waals surface area (Å²) in [6, 6.07) is 0.900. The zero-order valence-electron chi connectivity index (χ0n) is 23.6. The Morgan fingerprint density at radius 2 is 1.15 bits per heavy atom. The molecule has 0 saturated carbocycles. The largest absolute Gasteiger partial charge is 0.367 e. The van der Waals surface area contributed by atoms with Crippen molar-refractivity contribution in [3.05, 3.63) is 0 Å². The number of unbranched alkanes of at least 4 members (excludes halogenated alkanes) is 3. The van der Waals surface area contributed by atoms with Crippen LogP contribution >= 0.6 is 0 Å². The van der Waals surface area contributed by atoms with Gasteiger partial charge in [-0.3, -0.25) is 4.79 Å². The standard InChI is InChI=1S/C27H54N4O3/c1-10-23(32)34-31-26(6,7)19-22(20-27(31,8)9)29-16-14-12-11-13-15-28-21-17-24(2,3)30(33)25(4,5)18-21/h21-22,28-29,33H,10-20H2,1-9H3. The van der Waals surface area contributed by atoms with Crippen LogP contribution in [0.2, 0.25) is 0 Å². The van der Waals surface area contributed by atoms with Gasteiger partial charge >= 0.3 is 5.97 Å². The Kier molecular flexibility index (Phi) is 10.0. The van der Waals surface area contributed by atoms with E-state index in [1.165, 1.54) is 25.7 Å². The summed E-state index contributed by atoms with van der Waals surface area (Å²) in [5.41, 5.74) is -0.763. The highest BCUT2D eigenvalue weighted by molar-refractivity contribution is 5.68. The zero-order chi connectivity index (χ0) is 25.8. The fraction of sp³-hybridized carbons (Fsp3) is 0.963. The summed E-state index contributed by atoms with van der Waals surface area (Å²) in [6.07, 6.45) is 9.14. The van der Waals surface area contributed by atoms with E-state index in [4.69, 9.17) is 4.84 Å². The molecule has 0 unspecified atom stereocenters. The Morgan fingerprint density at radius 3 is 1.53 bits per heavy atom. The minimum Gasteiger partial charge on any atom is -0.367 e. The maximum Gasteiger partial charge on any atom is 0.324 e. The highest BCUT2D eigenvalue weighted by Crippen LogP contribution is 2.39. The second-order valence-electron chi connectivity index (χ2n) is 13.2. The number of nitrogens with zero attached hydrogens (tertiary/aromatic N) is 2. The number of rotatable bonds is 11. The Hall–Kier alpha value is -0.730. The number of hydrogen-bond acceptors (Lipinski definition) is 7. The van der Waals surface area contributed by atoms with Gasteiger partial charge in [-0.25, -0.2) is 0 Å². The van der Waals surface area contributed by atoms with E-state index in [-0.39, 0.29) is 28.1 Å². The number of carbonyl (C=O) groups is 1. The van der Waals surface area contributed by atoms with Crippen molar-refractivity contribution in [3.63, 3.8) is 0 Å². The van der Waals surface area contributed by atoms with Gasteiger partial charge in [-0.05, 0) is 107 Å². The van der Waals surface area contributed by atoms with E-state index >= 15 is 0 Å². The molecule has 2 aliphatic heterocycles. The molecule has 2 saturated heterocycles. The molecule has 7 nitrogen and oxygen atoms in total. The van der Waals surface area contributed by atoms with Crippen molar-refractivity contribution >= 4 is 5.97 Å². The summed E-state index contributed by atoms with van der Waals surface area (Å²) in [4.78, 5) is 17.6. The second kappa shape index (κ2) is 11.5. The van der Waals surface area contributed by atoms with Gasteiger partial charge in [-0.1, -0.05) is 19.8 Å². The molecule has 0 amide bonds. The first kappa shape index (κ1) is 29.5. The van der Waals surface area contributed by atoms with E-state index in [1.54, 1.807) is 5.06 Å². The molecular weight excluding hydrogens is 428 g/mol. The molecule has 34 heavy (non-hydrogen) atoms. The fourth-order valence-corrected chi connectivity index (χ4v) is 6.45. The van der Waals surface area contributed by atoms with Gasteiger partial charge in [-0.15, -0.1) is 5.06 Å². The van der Waals surface area contributed by atoms with Crippen molar-refractivity contribution in [2.24, 2.45) is 0 Å². The minimum atomic E-state index is -0.192. The quantitative estimate of drug-likeness (QED) is 0.357. The molecular formula is C27H54N4O3. The lowest BCUT2D eigenvalue weighted by Crippen LogP contribution is -2.64. The summed E-state index contributed by atoms with van der Waals surface area (Å²) < 4.78 is 0. The van der Waals surface area contributed by atoms with Crippen molar-refractivity contribution in [2.45, 2.75) is 154 Å². The van der Waals surface area contributed by atoms with Crippen molar-refractivity contribution in [3.8, 4) is 0 Å². The fourth-order valence-electron chi connectivity index (χ4n) is 6.45. The van der Waals surface area contributed by atoms with Gasteiger partial charge in [0.2, 0.25) is 0 Å². The first-order valence-corrected chi connectivity index (χ1v) is 13.6. The predicted molar refractivity (Wildman–Crippen MR) is 139 cm³/mol. The van der Waals surface area contributed by atoms with Crippen molar-refractivity contribution in [1.82, 2.24) is 20.8 Å². The Morgan fingerprint density at radius 1 is 0.765 bits per heavy atom. The molecule has 2 rings (SSSR count). The van der Waals surface area contributed by atoms with E-state index < -0.39 is 0 Å². The Bertz CT molecular complexity index is 626. The van der Waals surface area contributed by atoms with Crippen LogP contribution < -0.4 is 10.6 Å². The van der Waals surface area contributed by atoms with Gasteiger partial charge in [-0.2, -0.15) is 5.06 Å². The molecule has 0 aromatic carbocycles. The third kappa shape index (κ3) is 7.89. The Labute approximate surface area is 209 Å². The molecule has 0 aromatic rings. The van der Waals surface area contributed by atoms with Crippen LogP contribution in [0.15, 0.2) is 0 Å². The average Bonchev–Trinajstić information content (AvgIpc) is 2.69. The van der Waals surface area contributed by atoms with E-state index in [9.17, 15) is 10.0 Å². The lowest BCUT2D eigenvalue weighted by Gasteiger charge is -2.53. The smallest absolute Gasteiger partial charge is 0.324 e. The molecule has 0 bridgehead atoms. The van der Waals surface area contributed by atoms with E-state index in [0.717, 1.165) is 38.8 Å². The lowest BCUT2D eigenvalue weighted by atomic mass is 9.79. The van der Waals surface area contributed by atoms with E-state index in [0.29, 0.717) is 18.5 Å². The van der Waals surface area contributed by atoms with E-state index in [2.05, 4.69) is 66.0 Å². The topological polar surface area (TPSA) is 77.1 Å². The molecule has 0 radical (unpaired) electrons. The molecule has 2 aliphatic rings. The van der Waals surface area contributed by atoms with Crippen LogP contribution in [0.5, 0.6) is 0 Å². The molecule has 2 heterocycles. The van der Waals surface area contributed by atoms with Crippen LogP contribution in [0.4, 0.5) is 0 Å². The molecule has 7 heteroatoms. The third-order valence-electron chi connectivity index (χ3n) is 7.68. The van der Waals surface area contributed by atoms with Crippen LogP contribution in [-0.4, -0.2) is 68.6 Å². The predicted octanol–water partition coefficient (Wildman–Crippen LogP) is 5.03. The molecule has 0 aromatic heterocycles. The molecule has 0 spiro atoms. The van der Waals surface area contributed by atoms with Gasteiger partial charge in [0, 0.05) is 29.6 Å². The van der Waals surface area contributed by atoms with Gasteiger partial charge in [0.1, 0.15) is 0 Å². The van der Waals surface area contributed by atoms with Crippen molar-refractivity contribution < 1.29 is 14.8 Å². The van der Waals surface area contributed by atoms with Gasteiger partial charge in [0.15, 0.2) is 0 Å². The molecule has 2 fully saturated rings. The molecule has 0 aliphatic carbocycles. The normalized spacial score (nSPS) is 25.4. The van der Waals surface area contributed by atoms with Crippen LogP contribution in [0, 0.1) is 0 Å². The number of hydroxylamine groups is 4. The van der Waals surface area contributed by atoms with Crippen LogP contribution in [0.25, 0.3) is 0 Å². The number of hydrogen-bond donors (Lipinski definition) is 3. The van der Waals surface area contributed by atoms with Crippen LogP contribution in [0.3, 0.4) is 0 Å². The third-order valence-corrected chi connectivity index (χ3v) is 7.68. The monoisotopic (exact) mass is 482 g/mol. The highest BCUT2D eigenvalue weighted by Gasteiger charge is 2.48. The first-order chi connectivity index (χ1) is 15.6. The number of nitrogens with one attached hydrogen (secondary N) is 2. The maximum atomic E-state index is 11.9. The van der Waals surface area contributed by atoms with Gasteiger partial charge in [0.05, 0.1) is 11.1 Å². The molecule has 0 atom stereocenters. The lowest BCUT2D eigenvalue weighted by molar-refractivity contribution is -0.268. The summed E-state index contributed by atoms with van der Waals surface area (Å²) in [7, 11) is 0. The minimum absolute atomic E-state index is 0.159. The number of piperidine rings is 2. The van der Waals surface area contributed by atoms with E-state index in [1.807, 2.05) is 12.0 Å². The summed E-state index contributed by atoms with van der Waals surface area (Å²) in [5, 5.41) is 21.5. The van der Waals surface area contributed by atoms with Crippen LogP contribution in [-0.2, 0) is 9.63 Å². The average molecular weight is 483 g/mol. The second-order valence-corrected chi connectivity index (χ2v) is 13.2. The number of carbonyl (C=O) groups excluding carboxylic acids is 1. The Balaban J connectivity index is 1.63. The van der Waals surface area contributed by atoms with Crippen LogP contribution in [0.1, 0.15) is 120 Å².